The Balaban J connectivity index is 1.28. The number of carbonyl (C=O) groups excluding carboxylic acids is 8. The number of hydrogen-bond acceptors (Lipinski definition) is 29. The highest BCUT2D eigenvalue weighted by Gasteiger charge is 2.45. The summed E-state index contributed by atoms with van der Waals surface area (Å²) in [6.07, 6.45) is 6.79. The predicted molar refractivity (Wildman–Crippen MR) is 427 cm³/mol. The molecule has 17 unspecified atom stereocenters. The third kappa shape index (κ3) is 41.8. The summed E-state index contributed by atoms with van der Waals surface area (Å²) < 4.78 is 69.1. The highest BCUT2D eigenvalue weighted by atomic mass is 31.2. The van der Waals surface area contributed by atoms with E-state index >= 15 is 0 Å². The molecular formula is C83H147N3O29P-. The van der Waals surface area contributed by atoms with E-state index in [9.17, 15) is 94.0 Å². The highest BCUT2D eigenvalue weighted by Crippen LogP contribution is 2.46. The van der Waals surface area contributed by atoms with Gasteiger partial charge in [0, 0.05) is 153 Å². The van der Waals surface area contributed by atoms with E-state index in [1.807, 2.05) is 0 Å². The number of likely N-dealkylation sites (tertiary alicyclic amines) is 1. The molecule has 4 aliphatic heterocycles. The average Bonchev–Trinajstić information content (AvgIpc) is 0.970. The van der Waals surface area contributed by atoms with Gasteiger partial charge in [-0.25, -0.2) is 6.66 Å². The maximum absolute atomic E-state index is 14.2. The van der Waals surface area contributed by atoms with Crippen LogP contribution in [-0.2, 0) is 89.9 Å². The van der Waals surface area contributed by atoms with E-state index in [2.05, 4.69) is 17.3 Å². The van der Waals surface area contributed by atoms with Crippen molar-refractivity contribution in [1.82, 2.24) is 15.5 Å². The van der Waals surface area contributed by atoms with Gasteiger partial charge >= 0.3 is 0 Å². The van der Waals surface area contributed by atoms with Crippen LogP contribution in [0.1, 0.15) is 265 Å². The predicted octanol–water partition coefficient (Wildman–Crippen LogP) is 6.40. The fourth-order valence-corrected chi connectivity index (χ4v) is 15.5. The van der Waals surface area contributed by atoms with Crippen LogP contribution in [0.25, 0.3) is 0 Å². The number of Topliss-reactive ketones (excluding diaryl/α,β-unsaturated/α-hetero) is 5. The third-order valence-corrected chi connectivity index (χ3v) is 23.7. The highest BCUT2D eigenvalue weighted by molar-refractivity contribution is 7.55. The van der Waals surface area contributed by atoms with Crippen LogP contribution in [0.15, 0.2) is 0 Å². The average molecular weight is 1680 g/mol. The van der Waals surface area contributed by atoms with Gasteiger partial charge in [-0.2, -0.15) is 0 Å². The molecule has 0 radical (unpaired) electrons. The lowest BCUT2D eigenvalue weighted by atomic mass is 9.78. The lowest BCUT2D eigenvalue weighted by Crippen LogP contribution is -2.55. The van der Waals surface area contributed by atoms with Crippen LogP contribution in [-0.4, -0.2) is 288 Å². The summed E-state index contributed by atoms with van der Waals surface area (Å²) in [7, 11) is -2.26. The number of aliphatic hydroxyl groups excluding tert-OH is 10. The number of unbranched alkanes of at least 4 members (excludes halogenated alkanes) is 15. The standard InChI is InChI=1S/C83H147N3O29P/c1-58-74(99)77(102)68(52-87)113-80(58)109-44-25-21-34-63(91)30-16-12-15-29-62(90)33-20-24-41-83(50-66(94)36-14-10-8-6-7-9-11-19-38-73(98)86-51-67(95)49-61(86)55-112-116(5,105)106-4,56-107-47-39-65(93)32-18-13-17-31-64(92)35-22-26-45-110-81-59(2)75(100)78(103)69(53-88)114-81)57-108-48-40-72(97)85-43-28-42-84-71(96)37-23-27-46-111-82-60(3)76(101)79(104)70(54-89)115-82/h58-61,67-70,74-82,87-89,95,99-104H,5-57H2,1-4H3,(H,84,96)(H,85,97)/q-1/t58?,59?,60?,61-,67+,68?,69?,70?,74?,75?,76?,77?,78?,79?,80?,81?,82?,83?,116?/m0/s1. The Morgan fingerprint density at radius 3 is 1.19 bits per heavy atom. The molecule has 32 nitrogen and oxygen atoms in total. The number of β-amino-alcohol motifs (C(OH)–C–C–N with tert-alkyl or cyclic N) is 1. The normalized spacial score (nSPS) is 26.6. The maximum atomic E-state index is 14.2. The van der Waals surface area contributed by atoms with E-state index in [1.54, 1.807) is 25.7 Å². The monoisotopic (exact) mass is 1680 g/mol. The molecule has 19 atom stereocenters. The van der Waals surface area contributed by atoms with Crippen molar-refractivity contribution >= 4 is 54.2 Å². The molecule has 4 aliphatic rings. The molecule has 674 valence electrons. The van der Waals surface area contributed by atoms with E-state index in [0.29, 0.717) is 186 Å². The zero-order valence-corrected chi connectivity index (χ0v) is 70.8. The Bertz CT molecular complexity index is 2600. The van der Waals surface area contributed by atoms with Crippen molar-refractivity contribution in [3.63, 3.8) is 0 Å². The Labute approximate surface area is 687 Å². The summed E-state index contributed by atoms with van der Waals surface area (Å²) in [6, 6.07) is -0.421. The van der Waals surface area contributed by atoms with Crippen LogP contribution < -0.4 is 10.6 Å². The molecule has 0 aromatic carbocycles. The van der Waals surface area contributed by atoms with Crippen molar-refractivity contribution in [1.29, 1.82) is 0 Å². The minimum Gasteiger partial charge on any atom is -0.394 e. The molecule has 4 saturated heterocycles. The Hall–Kier alpha value is -3.81. The van der Waals surface area contributed by atoms with Crippen molar-refractivity contribution in [3.05, 3.63) is 6.66 Å². The first-order valence-corrected chi connectivity index (χ1v) is 44.9. The largest absolute Gasteiger partial charge is 0.394 e. The second-order valence-electron chi connectivity index (χ2n) is 32.5. The first kappa shape index (κ1) is 105. The van der Waals surface area contributed by atoms with Crippen LogP contribution in [0.5, 0.6) is 0 Å². The van der Waals surface area contributed by atoms with Gasteiger partial charge in [0.1, 0.15) is 65.5 Å². The summed E-state index contributed by atoms with van der Waals surface area (Å²) in [5, 5.41) is 106. The molecule has 0 aromatic rings. The van der Waals surface area contributed by atoms with Crippen molar-refractivity contribution in [3.8, 4) is 0 Å². The lowest BCUT2D eigenvalue weighted by Gasteiger charge is -2.40. The summed E-state index contributed by atoms with van der Waals surface area (Å²) in [5.74, 6) is -1.79. The van der Waals surface area contributed by atoms with Gasteiger partial charge < -0.3 is 114 Å². The number of carbonyl (C=O) groups is 8. The molecule has 116 heavy (non-hydrogen) atoms. The SMILES string of the molecule is [CH2-]P(=O)(OC)OC[C@@H]1C[C@@H](O)CN1C(=O)CCCCCCCCCCC(=O)CC(CCCCC(=O)CCCCCC(=O)CCCCOC1OC(CO)C(O)C(O)C1C)(COCCC(=O)CCCCCC(=O)CCCCOC1OC(CO)C(O)C(O)C1C)COCCC(=O)NCCCNC(=O)CCCCOC1OC(CO)C(O)C(O)C1C. The topological polar surface area (TPSA) is 476 Å². The van der Waals surface area contributed by atoms with Gasteiger partial charge in [0.25, 0.3) is 0 Å². The van der Waals surface area contributed by atoms with Crippen LogP contribution >= 0.6 is 7.60 Å². The minimum atomic E-state index is -3.50. The molecule has 33 heteroatoms. The van der Waals surface area contributed by atoms with Gasteiger partial charge in [-0.15, -0.1) is 0 Å². The van der Waals surface area contributed by atoms with Gasteiger partial charge in [-0.05, 0) is 103 Å². The van der Waals surface area contributed by atoms with Gasteiger partial charge in [-0.1, -0.05) is 78.6 Å². The summed E-state index contributed by atoms with van der Waals surface area (Å²) in [5.41, 5.74) is -0.878. The van der Waals surface area contributed by atoms with Crippen molar-refractivity contribution < 1.29 is 141 Å². The molecule has 0 saturated carbocycles. The number of hydrogen-bond donors (Lipinski definition) is 12. The molecular weight excluding hydrogens is 1530 g/mol. The number of ketones is 5. The Morgan fingerprint density at radius 2 is 0.776 bits per heavy atom. The molecule has 4 heterocycles. The molecule has 3 amide bonds. The second kappa shape index (κ2) is 59.9. The van der Waals surface area contributed by atoms with E-state index < -0.39 is 137 Å². The first-order valence-electron chi connectivity index (χ1n) is 43.2. The summed E-state index contributed by atoms with van der Waals surface area (Å²) in [6.45, 7) is 8.87. The fraction of sp³-hybridized carbons (Fsp3) is 0.892. The third-order valence-electron chi connectivity index (χ3n) is 22.6. The number of nitrogens with one attached hydrogen (secondary N) is 2. The molecule has 0 aromatic heterocycles. The molecule has 4 rings (SSSR count). The second-order valence-corrected chi connectivity index (χ2v) is 34.4. The molecule has 12 N–H and O–H groups in total. The van der Waals surface area contributed by atoms with Crippen molar-refractivity contribution in [2.45, 2.75) is 351 Å². The van der Waals surface area contributed by atoms with Crippen LogP contribution in [0.4, 0.5) is 0 Å². The number of rotatable bonds is 69. The van der Waals surface area contributed by atoms with Gasteiger partial charge in [0.15, 0.2) is 26.5 Å². The zero-order chi connectivity index (χ0) is 85.3. The summed E-state index contributed by atoms with van der Waals surface area (Å²) in [4.78, 5) is 107. The van der Waals surface area contributed by atoms with Crippen LogP contribution in [0, 0.1) is 29.8 Å². The van der Waals surface area contributed by atoms with Crippen molar-refractivity contribution in [2.75, 3.05) is 99.4 Å². The van der Waals surface area contributed by atoms with Crippen LogP contribution in [0.3, 0.4) is 0 Å². The van der Waals surface area contributed by atoms with E-state index in [1.165, 1.54) is 7.11 Å². The molecule has 0 aliphatic carbocycles. The maximum Gasteiger partial charge on any atom is 0.222 e. The zero-order valence-electron chi connectivity index (χ0n) is 69.9. The summed E-state index contributed by atoms with van der Waals surface area (Å²) >= 11 is 0. The van der Waals surface area contributed by atoms with Gasteiger partial charge in [-0.3, -0.25) is 42.9 Å². The number of nitrogens with zero attached hydrogens (tertiary/aromatic N) is 1. The van der Waals surface area contributed by atoms with E-state index in [-0.39, 0.29) is 138 Å². The van der Waals surface area contributed by atoms with Gasteiger partial charge in [0.2, 0.25) is 17.7 Å². The number of ether oxygens (including phenoxy) is 8. The number of amides is 3. The van der Waals surface area contributed by atoms with Gasteiger partial charge in [0.05, 0.1) is 83.3 Å². The number of aliphatic hydroxyl groups is 10. The van der Waals surface area contributed by atoms with Crippen LogP contribution in [0.2, 0.25) is 0 Å². The Morgan fingerprint density at radius 1 is 0.431 bits per heavy atom. The smallest absolute Gasteiger partial charge is 0.222 e. The van der Waals surface area contributed by atoms with E-state index in [4.69, 9.17) is 46.9 Å². The first-order chi connectivity index (χ1) is 55.6. The molecule has 0 spiro atoms. The fourth-order valence-electron chi connectivity index (χ4n) is 15.0. The molecule has 4 fully saturated rings. The Kier molecular flexibility index (Phi) is 53.9. The van der Waals surface area contributed by atoms with Crippen molar-refractivity contribution in [2.24, 2.45) is 23.2 Å². The molecule has 0 bridgehead atoms. The minimum absolute atomic E-state index is 0.00539. The quantitative estimate of drug-likeness (QED) is 0.0178. The van der Waals surface area contributed by atoms with E-state index in [0.717, 1.165) is 38.5 Å². The lowest BCUT2D eigenvalue weighted by molar-refractivity contribution is -0.282.